The fraction of sp³-hybridized carbons (Fsp3) is 0.842. The van der Waals surface area contributed by atoms with Gasteiger partial charge in [0.1, 0.15) is 0 Å². The van der Waals surface area contributed by atoms with E-state index in [4.69, 9.17) is 5.11 Å². The Morgan fingerprint density at radius 3 is 2.24 bits per heavy atom. The minimum Gasteiger partial charge on any atom is -0.481 e. The number of aliphatic hydroxyl groups is 1. The molecule has 5 nitrogen and oxygen atoms in total. The highest BCUT2D eigenvalue weighted by atomic mass is 32.2. The van der Waals surface area contributed by atoms with Crippen molar-refractivity contribution in [1.82, 2.24) is 0 Å². The summed E-state index contributed by atoms with van der Waals surface area (Å²) in [6, 6.07) is 0. The van der Waals surface area contributed by atoms with Gasteiger partial charge in [-0.15, -0.1) is 0 Å². The highest BCUT2D eigenvalue weighted by Crippen LogP contribution is 2.49. The summed E-state index contributed by atoms with van der Waals surface area (Å²) in [5.41, 5.74) is -1.31. The summed E-state index contributed by atoms with van der Waals surface area (Å²) < 4.78 is 23.4. The smallest absolute Gasteiger partial charge is 0.303 e. The second-order valence-corrected chi connectivity index (χ2v) is 10.9. The molecule has 146 valence electrons. The van der Waals surface area contributed by atoms with Crippen molar-refractivity contribution in [2.75, 3.05) is 6.26 Å². The van der Waals surface area contributed by atoms with Gasteiger partial charge < -0.3 is 10.2 Å². The van der Waals surface area contributed by atoms with Crippen molar-refractivity contribution < 1.29 is 23.4 Å². The van der Waals surface area contributed by atoms with Crippen LogP contribution in [0.5, 0.6) is 0 Å². The van der Waals surface area contributed by atoms with Gasteiger partial charge in [-0.05, 0) is 61.7 Å². The molecule has 0 bridgehead atoms. The number of aliphatic carboxylic acids is 1. The van der Waals surface area contributed by atoms with E-state index in [9.17, 15) is 18.3 Å². The van der Waals surface area contributed by atoms with E-state index in [0.717, 1.165) is 31.9 Å². The van der Waals surface area contributed by atoms with Gasteiger partial charge in [0.15, 0.2) is 15.3 Å². The van der Waals surface area contributed by atoms with E-state index in [1.165, 1.54) is 0 Å². The van der Waals surface area contributed by atoms with Crippen molar-refractivity contribution in [3.63, 3.8) is 0 Å². The van der Waals surface area contributed by atoms with Crippen LogP contribution in [-0.2, 0) is 14.6 Å². The van der Waals surface area contributed by atoms with Crippen LogP contribution in [0.25, 0.3) is 0 Å². The molecule has 1 rings (SSSR count). The number of aliphatic hydroxyl groups excluding tert-OH is 1. The summed E-state index contributed by atoms with van der Waals surface area (Å²) in [5, 5.41) is 18.8. The van der Waals surface area contributed by atoms with Gasteiger partial charge in [-0.25, -0.2) is 8.42 Å². The Balaban J connectivity index is 2.80. The normalized spacial score (nSPS) is 26.7. The van der Waals surface area contributed by atoms with Gasteiger partial charge in [-0.1, -0.05) is 32.9 Å². The van der Waals surface area contributed by atoms with Gasteiger partial charge in [-0.2, -0.15) is 0 Å². The Morgan fingerprint density at radius 1 is 1.24 bits per heavy atom. The van der Waals surface area contributed by atoms with E-state index in [-0.39, 0.29) is 23.7 Å². The zero-order valence-corrected chi connectivity index (χ0v) is 16.8. The van der Waals surface area contributed by atoms with Gasteiger partial charge in [-0.3, -0.25) is 4.79 Å². The number of hydrogen-bond donors (Lipinski definition) is 2. The molecule has 6 heteroatoms. The van der Waals surface area contributed by atoms with Crippen molar-refractivity contribution in [2.45, 2.75) is 77.6 Å². The van der Waals surface area contributed by atoms with Gasteiger partial charge in [0, 0.05) is 12.7 Å². The number of carbonyl (C=O) groups is 1. The third kappa shape index (κ3) is 7.48. The first-order valence-corrected chi connectivity index (χ1v) is 11.0. The SMILES string of the molecule is CC(C)(C)C1CCC(C/C=C\CCC(=O)O)(CC(O)S(C)(=O)=O)CC1. The van der Waals surface area contributed by atoms with Crippen molar-refractivity contribution >= 4 is 15.8 Å². The van der Waals surface area contributed by atoms with E-state index in [0.29, 0.717) is 18.8 Å². The Bertz CT molecular complexity index is 563. The van der Waals surface area contributed by atoms with E-state index in [2.05, 4.69) is 20.8 Å². The molecule has 0 aromatic rings. The molecule has 1 aliphatic carbocycles. The molecule has 1 atom stereocenters. The summed E-state index contributed by atoms with van der Waals surface area (Å²) in [7, 11) is -3.48. The molecule has 1 aliphatic rings. The summed E-state index contributed by atoms with van der Waals surface area (Å²) >= 11 is 0. The Kier molecular flexibility index (Phi) is 7.69. The molecular weight excluding hydrogens is 340 g/mol. The van der Waals surface area contributed by atoms with E-state index < -0.39 is 21.2 Å². The molecule has 0 aliphatic heterocycles. The molecule has 1 saturated carbocycles. The highest BCUT2D eigenvalue weighted by Gasteiger charge is 2.40. The molecule has 1 unspecified atom stereocenters. The van der Waals surface area contributed by atoms with Crippen molar-refractivity contribution in [2.24, 2.45) is 16.7 Å². The van der Waals surface area contributed by atoms with Crippen molar-refractivity contribution in [3.8, 4) is 0 Å². The van der Waals surface area contributed by atoms with Crippen molar-refractivity contribution in [3.05, 3.63) is 12.2 Å². The number of allylic oxidation sites excluding steroid dienone is 2. The third-order valence-electron chi connectivity index (χ3n) is 5.62. The standard InChI is InChI=1S/C19H34O5S/c1-18(2,3)15-9-12-19(13-10-15,14-17(22)25(4,23)24)11-7-5-6-8-16(20)21/h5,7,15,17,22H,6,8-14H2,1-4H3,(H,20,21)/b7-5-. The van der Waals surface area contributed by atoms with Gasteiger partial charge >= 0.3 is 5.97 Å². The van der Waals surface area contributed by atoms with Crippen LogP contribution in [0.2, 0.25) is 0 Å². The fourth-order valence-corrected chi connectivity index (χ4v) is 4.42. The number of hydrogen-bond acceptors (Lipinski definition) is 4. The summed E-state index contributed by atoms with van der Waals surface area (Å²) in [6.07, 6.45) is 10.3. The Morgan fingerprint density at radius 2 is 1.80 bits per heavy atom. The lowest BCUT2D eigenvalue weighted by molar-refractivity contribution is -0.136. The molecule has 0 amide bonds. The molecule has 0 spiro atoms. The second kappa shape index (κ2) is 8.67. The largest absolute Gasteiger partial charge is 0.481 e. The first kappa shape index (κ1) is 22.2. The maximum Gasteiger partial charge on any atom is 0.303 e. The first-order chi connectivity index (χ1) is 11.4. The second-order valence-electron chi connectivity index (χ2n) is 8.74. The quantitative estimate of drug-likeness (QED) is 0.631. The molecule has 2 N–H and O–H groups in total. The van der Waals surface area contributed by atoms with E-state index in [1.807, 2.05) is 12.2 Å². The Hall–Kier alpha value is -0.880. The average Bonchev–Trinajstić information content (AvgIpc) is 2.45. The van der Waals surface area contributed by atoms with Crippen LogP contribution in [0.4, 0.5) is 0 Å². The van der Waals surface area contributed by atoms with Crippen LogP contribution >= 0.6 is 0 Å². The van der Waals surface area contributed by atoms with E-state index >= 15 is 0 Å². The van der Waals surface area contributed by atoms with Crippen LogP contribution in [0.1, 0.15) is 72.1 Å². The molecule has 0 aromatic heterocycles. The van der Waals surface area contributed by atoms with E-state index in [1.54, 1.807) is 0 Å². The minimum atomic E-state index is -3.48. The van der Waals surface area contributed by atoms with Gasteiger partial charge in [0.25, 0.3) is 0 Å². The molecule has 25 heavy (non-hydrogen) atoms. The number of sulfone groups is 1. The number of carboxylic acid groups (broad SMARTS) is 1. The van der Waals surface area contributed by atoms with Crippen LogP contribution in [0.3, 0.4) is 0 Å². The molecule has 0 heterocycles. The zero-order chi connectivity index (χ0) is 19.3. The van der Waals surface area contributed by atoms with Gasteiger partial charge in [0.05, 0.1) is 0 Å². The fourth-order valence-electron chi connectivity index (χ4n) is 3.77. The zero-order valence-electron chi connectivity index (χ0n) is 16.0. The van der Waals surface area contributed by atoms with Gasteiger partial charge in [0.2, 0.25) is 0 Å². The molecule has 0 radical (unpaired) electrons. The van der Waals surface area contributed by atoms with Crippen LogP contribution in [-0.4, -0.2) is 36.3 Å². The summed E-state index contributed by atoms with van der Waals surface area (Å²) in [4.78, 5) is 10.6. The molecule has 0 saturated heterocycles. The van der Waals surface area contributed by atoms with Crippen LogP contribution in [0, 0.1) is 16.7 Å². The summed E-state index contributed by atoms with van der Waals surface area (Å²) in [6.45, 7) is 6.71. The third-order valence-corrected chi connectivity index (χ3v) is 6.77. The predicted octanol–water partition coefficient (Wildman–Crippen LogP) is 3.77. The predicted molar refractivity (Wildman–Crippen MR) is 99.9 cm³/mol. The molecular formula is C19H34O5S. The lowest BCUT2D eigenvalue weighted by Crippen LogP contribution is -2.36. The maximum atomic E-state index is 11.7. The molecule has 1 fully saturated rings. The monoisotopic (exact) mass is 374 g/mol. The van der Waals surface area contributed by atoms with Crippen LogP contribution < -0.4 is 0 Å². The number of rotatable bonds is 8. The lowest BCUT2D eigenvalue weighted by atomic mass is 9.62. The lowest BCUT2D eigenvalue weighted by Gasteiger charge is -2.44. The number of carboxylic acids is 1. The average molecular weight is 375 g/mol. The van der Waals surface area contributed by atoms with Crippen molar-refractivity contribution in [1.29, 1.82) is 0 Å². The van der Waals surface area contributed by atoms with Crippen LogP contribution in [0.15, 0.2) is 12.2 Å². The Labute approximate surface area is 152 Å². The summed E-state index contributed by atoms with van der Waals surface area (Å²) in [5.74, 6) is -0.218. The highest BCUT2D eigenvalue weighted by molar-refractivity contribution is 7.91. The minimum absolute atomic E-state index is 0.0988. The maximum absolute atomic E-state index is 11.7. The topological polar surface area (TPSA) is 91.7 Å². The first-order valence-electron chi connectivity index (χ1n) is 9.09. The molecule has 0 aromatic carbocycles.